The van der Waals surface area contributed by atoms with Crippen LogP contribution in [0.5, 0.6) is 0 Å². The van der Waals surface area contributed by atoms with E-state index in [0.717, 1.165) is 0 Å². The van der Waals surface area contributed by atoms with Gasteiger partial charge in [0, 0.05) is 0 Å². The fourth-order valence-corrected chi connectivity index (χ4v) is 1.14. The van der Waals surface area contributed by atoms with E-state index in [2.05, 4.69) is 6.58 Å². The van der Waals surface area contributed by atoms with Crippen LogP contribution in [0.3, 0.4) is 0 Å². The molecule has 2 N–H and O–H groups in total. The smallest absolute Gasteiger partial charge is 0.338 e. The van der Waals surface area contributed by atoms with E-state index in [9.17, 15) is 9.90 Å². The normalized spacial score (nSPS) is 34.8. The second kappa shape index (κ2) is 3.69. The lowest BCUT2D eigenvalue weighted by Crippen LogP contribution is -2.30. The highest BCUT2D eigenvalue weighted by atomic mass is 16.6. The lowest BCUT2D eigenvalue weighted by molar-refractivity contribution is -0.147. The third-order valence-corrected chi connectivity index (χ3v) is 1.87. The molecule has 0 saturated carbocycles. The summed E-state index contributed by atoms with van der Waals surface area (Å²) in [6.45, 7) is 3.50. The maximum atomic E-state index is 10.7. The Morgan fingerprint density at radius 1 is 1.58 bits per heavy atom. The summed E-state index contributed by atoms with van der Waals surface area (Å²) in [6.07, 6.45) is -0.205. The second-order valence-corrected chi connectivity index (χ2v) is 2.78. The fourth-order valence-electron chi connectivity index (χ4n) is 1.14. The monoisotopic (exact) mass is 172 g/mol. The van der Waals surface area contributed by atoms with Gasteiger partial charge < -0.3 is 14.9 Å². The zero-order valence-corrected chi connectivity index (χ0v) is 6.64. The molecule has 0 unspecified atom stereocenters. The molecule has 1 fully saturated rings. The van der Waals surface area contributed by atoms with Crippen molar-refractivity contribution in [1.29, 1.82) is 0 Å². The van der Waals surface area contributed by atoms with Gasteiger partial charge in [0.05, 0.1) is 0 Å². The summed E-state index contributed by atoms with van der Waals surface area (Å²) in [4.78, 5) is 10.7. The molecule has 1 aliphatic heterocycles. The summed E-state index contributed by atoms with van der Waals surface area (Å²) in [5.74, 6) is -0.739. The maximum Gasteiger partial charge on any atom is 0.338 e. The van der Waals surface area contributed by atoms with Gasteiger partial charge in [-0.25, -0.2) is 4.79 Å². The van der Waals surface area contributed by atoms with Crippen LogP contribution < -0.4 is 0 Å². The van der Waals surface area contributed by atoms with Crippen LogP contribution in [0.4, 0.5) is 0 Å². The quantitative estimate of drug-likeness (QED) is 0.449. The summed E-state index contributed by atoms with van der Waals surface area (Å²) in [7, 11) is 0. The first-order chi connectivity index (χ1) is 5.66. The Balaban J connectivity index is 2.46. The Morgan fingerprint density at radius 2 is 2.25 bits per heavy atom. The zero-order valence-electron chi connectivity index (χ0n) is 6.64. The van der Waals surface area contributed by atoms with Crippen molar-refractivity contribution in [2.75, 3.05) is 0 Å². The zero-order chi connectivity index (χ0) is 9.14. The SMILES string of the molecule is C=CCC[C@@H]1OC(=O)[C@@H](O)[C@@H]1O. The molecule has 0 aromatic rings. The third-order valence-electron chi connectivity index (χ3n) is 1.87. The van der Waals surface area contributed by atoms with Crippen LogP contribution in [-0.2, 0) is 9.53 Å². The number of carbonyl (C=O) groups excluding carboxylic acids is 1. The molecule has 0 bridgehead atoms. The molecule has 4 nitrogen and oxygen atoms in total. The molecule has 1 rings (SSSR count). The Hall–Kier alpha value is -0.870. The van der Waals surface area contributed by atoms with E-state index < -0.39 is 24.3 Å². The average Bonchev–Trinajstić information content (AvgIpc) is 2.30. The topological polar surface area (TPSA) is 66.8 Å². The van der Waals surface area contributed by atoms with Crippen LogP contribution in [0.25, 0.3) is 0 Å². The molecule has 0 amide bonds. The van der Waals surface area contributed by atoms with E-state index in [-0.39, 0.29) is 0 Å². The summed E-state index contributed by atoms with van der Waals surface area (Å²) < 4.78 is 4.70. The molecule has 1 saturated heterocycles. The molecule has 4 heteroatoms. The van der Waals surface area contributed by atoms with E-state index in [1.807, 2.05) is 0 Å². The van der Waals surface area contributed by atoms with Crippen LogP contribution in [0.1, 0.15) is 12.8 Å². The van der Waals surface area contributed by atoms with E-state index in [1.165, 1.54) is 0 Å². The van der Waals surface area contributed by atoms with Gasteiger partial charge in [0.25, 0.3) is 0 Å². The molecule has 12 heavy (non-hydrogen) atoms. The van der Waals surface area contributed by atoms with Gasteiger partial charge in [0.1, 0.15) is 12.2 Å². The van der Waals surface area contributed by atoms with Gasteiger partial charge in [-0.2, -0.15) is 0 Å². The van der Waals surface area contributed by atoms with Crippen molar-refractivity contribution in [2.24, 2.45) is 0 Å². The highest BCUT2D eigenvalue weighted by Gasteiger charge is 2.41. The second-order valence-electron chi connectivity index (χ2n) is 2.78. The summed E-state index contributed by atoms with van der Waals surface area (Å²) in [5.41, 5.74) is 0. The molecule has 68 valence electrons. The molecule has 0 spiro atoms. The van der Waals surface area contributed by atoms with Gasteiger partial charge in [-0.15, -0.1) is 6.58 Å². The molecule has 1 heterocycles. The van der Waals surface area contributed by atoms with Crippen molar-refractivity contribution in [2.45, 2.75) is 31.2 Å². The van der Waals surface area contributed by atoms with E-state index in [4.69, 9.17) is 9.84 Å². The number of hydrogen-bond donors (Lipinski definition) is 2. The number of aliphatic hydroxyl groups is 2. The van der Waals surface area contributed by atoms with Crippen molar-refractivity contribution in [3.05, 3.63) is 12.7 Å². The van der Waals surface area contributed by atoms with E-state index in [0.29, 0.717) is 12.8 Å². The van der Waals surface area contributed by atoms with Gasteiger partial charge >= 0.3 is 5.97 Å². The molecule has 3 atom stereocenters. The van der Waals surface area contributed by atoms with Crippen LogP contribution in [0.2, 0.25) is 0 Å². The number of allylic oxidation sites excluding steroid dienone is 1. The number of carbonyl (C=O) groups is 1. The highest BCUT2D eigenvalue weighted by molar-refractivity contribution is 5.77. The third kappa shape index (κ3) is 1.65. The number of esters is 1. The van der Waals surface area contributed by atoms with Crippen molar-refractivity contribution in [1.82, 2.24) is 0 Å². The number of hydrogen-bond acceptors (Lipinski definition) is 4. The predicted octanol–water partition coefficient (Wildman–Crippen LogP) is -0.400. The van der Waals surface area contributed by atoms with E-state index in [1.54, 1.807) is 6.08 Å². The van der Waals surface area contributed by atoms with Crippen molar-refractivity contribution >= 4 is 5.97 Å². The van der Waals surface area contributed by atoms with Gasteiger partial charge in [0.2, 0.25) is 0 Å². The van der Waals surface area contributed by atoms with Gasteiger partial charge in [-0.1, -0.05) is 6.08 Å². The van der Waals surface area contributed by atoms with E-state index >= 15 is 0 Å². The molecule has 0 radical (unpaired) electrons. The van der Waals surface area contributed by atoms with Crippen LogP contribution >= 0.6 is 0 Å². The standard InChI is InChI=1S/C8H12O4/c1-2-3-4-5-6(9)7(10)8(11)12-5/h2,5-7,9-10H,1,3-4H2/t5-,6+,7-/m0/s1. The largest absolute Gasteiger partial charge is 0.457 e. The number of cyclic esters (lactones) is 1. The van der Waals surface area contributed by atoms with Crippen molar-refractivity contribution in [3.8, 4) is 0 Å². The Kier molecular flexibility index (Phi) is 2.83. The minimum absolute atomic E-state index is 0.507. The molecular formula is C8H12O4. The molecule has 0 aromatic carbocycles. The number of ether oxygens (including phenoxy) is 1. The highest BCUT2D eigenvalue weighted by Crippen LogP contribution is 2.19. The van der Waals surface area contributed by atoms with Gasteiger partial charge in [0.15, 0.2) is 6.10 Å². The lowest BCUT2D eigenvalue weighted by Gasteiger charge is -2.11. The predicted molar refractivity (Wildman–Crippen MR) is 41.3 cm³/mol. The average molecular weight is 172 g/mol. The van der Waals surface area contributed by atoms with Crippen LogP contribution in [0.15, 0.2) is 12.7 Å². The Bertz CT molecular complexity index is 189. The van der Waals surface area contributed by atoms with Crippen LogP contribution in [-0.4, -0.2) is 34.5 Å². The fraction of sp³-hybridized carbons (Fsp3) is 0.625. The first kappa shape index (κ1) is 9.22. The molecule has 0 aromatic heterocycles. The van der Waals surface area contributed by atoms with Crippen molar-refractivity contribution < 1.29 is 19.7 Å². The Morgan fingerprint density at radius 3 is 2.67 bits per heavy atom. The number of aliphatic hydroxyl groups excluding tert-OH is 2. The summed E-state index contributed by atoms with van der Waals surface area (Å²) in [6, 6.07) is 0. The summed E-state index contributed by atoms with van der Waals surface area (Å²) in [5, 5.41) is 18.2. The minimum Gasteiger partial charge on any atom is -0.457 e. The first-order valence-electron chi connectivity index (χ1n) is 3.84. The van der Waals surface area contributed by atoms with Gasteiger partial charge in [-0.05, 0) is 12.8 Å². The van der Waals surface area contributed by atoms with Gasteiger partial charge in [-0.3, -0.25) is 0 Å². The van der Waals surface area contributed by atoms with Crippen molar-refractivity contribution in [3.63, 3.8) is 0 Å². The molecule has 1 aliphatic rings. The lowest BCUT2D eigenvalue weighted by atomic mass is 10.1. The molecule has 0 aliphatic carbocycles. The maximum absolute atomic E-state index is 10.7. The Labute approximate surface area is 70.5 Å². The first-order valence-corrected chi connectivity index (χ1v) is 3.84. The molecular weight excluding hydrogens is 160 g/mol. The number of rotatable bonds is 3. The summed E-state index contributed by atoms with van der Waals surface area (Å²) >= 11 is 0. The van der Waals surface area contributed by atoms with Crippen LogP contribution in [0, 0.1) is 0 Å². The minimum atomic E-state index is -1.38.